The molecule has 2 N–H and O–H groups in total. The third-order valence-electron chi connectivity index (χ3n) is 8.40. The molecule has 2 aliphatic rings. The number of hydrogen-bond acceptors (Lipinski definition) is 10. The number of carbonyl (C=O) groups excluding carboxylic acids is 1. The van der Waals surface area contributed by atoms with Crippen LogP contribution in [0.25, 0.3) is 10.8 Å². The Labute approximate surface area is 292 Å². The van der Waals surface area contributed by atoms with Gasteiger partial charge in [0.2, 0.25) is 0 Å². The van der Waals surface area contributed by atoms with Crippen LogP contribution < -0.4 is 44.3 Å². The summed E-state index contributed by atoms with van der Waals surface area (Å²) in [5.74, 6) is -1.05. The molecule has 2 aliphatic heterocycles. The average Bonchev–Trinajstić information content (AvgIpc) is 3.33. The molecule has 5 aromatic carbocycles. The summed E-state index contributed by atoms with van der Waals surface area (Å²) in [6, 6.07) is 22.4. The molecule has 7 rings (SSSR count). The fraction of sp³-hybridized carbons (Fsp3) is 0.147. The molecule has 0 radical (unpaired) electrons. The number of aromatic hydroxyl groups is 1. The van der Waals surface area contributed by atoms with Gasteiger partial charge >= 0.3 is 35.5 Å². The summed E-state index contributed by atoms with van der Waals surface area (Å²) in [4.78, 5) is 14.9. The molecule has 0 saturated heterocycles. The SMILES string of the molecule is CCN(CC)c1ccc2c(c1)Oc1cc([O-])c(N=Nc3c(O)cc(S(=O)(=O)O)c4ccccc34)cc1C21OC(=O)c2ccccc21.[Na+]. The Morgan fingerprint density at radius 2 is 1.53 bits per heavy atom. The van der Waals surface area contributed by atoms with Crippen LogP contribution in [0.2, 0.25) is 0 Å². The van der Waals surface area contributed by atoms with Gasteiger partial charge in [0.15, 0.2) is 5.60 Å². The molecular weight excluding hydrogens is 633 g/mol. The molecule has 1 atom stereocenters. The molecule has 0 aromatic heterocycles. The molecular formula is C34H26N3NaO8S. The molecule has 1 unspecified atom stereocenters. The van der Waals surface area contributed by atoms with Gasteiger partial charge in [0.25, 0.3) is 10.1 Å². The quantitative estimate of drug-likeness (QED) is 0.120. The van der Waals surface area contributed by atoms with Crippen LogP contribution in [-0.2, 0) is 20.5 Å². The van der Waals surface area contributed by atoms with Crippen molar-refractivity contribution in [3.63, 3.8) is 0 Å². The van der Waals surface area contributed by atoms with E-state index in [0.29, 0.717) is 28.0 Å². The number of fused-ring (bicyclic) bond motifs is 7. The zero-order chi connectivity index (χ0) is 32.4. The maximum absolute atomic E-state index is 13.4. The molecule has 0 amide bonds. The van der Waals surface area contributed by atoms with Gasteiger partial charge in [-0.2, -0.15) is 13.5 Å². The minimum absolute atomic E-state index is 0. The minimum Gasteiger partial charge on any atom is -0.871 e. The molecule has 0 fully saturated rings. The van der Waals surface area contributed by atoms with E-state index < -0.39 is 38.1 Å². The third-order valence-corrected chi connectivity index (χ3v) is 9.29. The number of phenols is 1. The average molecular weight is 660 g/mol. The Kier molecular flexibility index (Phi) is 8.27. The molecule has 1 spiro atoms. The van der Waals surface area contributed by atoms with E-state index in [4.69, 9.17) is 9.47 Å². The molecule has 5 aromatic rings. The second-order valence-electron chi connectivity index (χ2n) is 10.9. The van der Waals surface area contributed by atoms with Crippen LogP contribution in [0.3, 0.4) is 0 Å². The summed E-state index contributed by atoms with van der Waals surface area (Å²) in [6.45, 7) is 5.61. The van der Waals surface area contributed by atoms with Crippen molar-refractivity contribution in [2.45, 2.75) is 24.3 Å². The number of benzene rings is 5. The molecule has 2 heterocycles. The fourth-order valence-electron chi connectivity index (χ4n) is 6.28. The van der Waals surface area contributed by atoms with Gasteiger partial charge in [0.1, 0.15) is 27.8 Å². The van der Waals surface area contributed by atoms with Gasteiger partial charge in [-0.25, -0.2) is 4.79 Å². The Morgan fingerprint density at radius 1 is 0.851 bits per heavy atom. The van der Waals surface area contributed by atoms with Crippen molar-refractivity contribution < 1.29 is 67.0 Å². The molecule has 47 heavy (non-hydrogen) atoms. The van der Waals surface area contributed by atoms with Crippen LogP contribution in [0.5, 0.6) is 23.0 Å². The summed E-state index contributed by atoms with van der Waals surface area (Å²) in [6.07, 6.45) is 0. The molecule has 0 bridgehead atoms. The van der Waals surface area contributed by atoms with Crippen molar-refractivity contribution >= 4 is 43.9 Å². The zero-order valence-electron chi connectivity index (χ0n) is 25.6. The Morgan fingerprint density at radius 3 is 2.26 bits per heavy atom. The zero-order valence-corrected chi connectivity index (χ0v) is 28.4. The second-order valence-corrected chi connectivity index (χ2v) is 12.2. The largest absolute Gasteiger partial charge is 1.00 e. The summed E-state index contributed by atoms with van der Waals surface area (Å²) in [5, 5.41) is 32.7. The van der Waals surface area contributed by atoms with Gasteiger partial charge in [-0.15, -0.1) is 5.11 Å². The normalized spacial score (nSPS) is 16.3. The van der Waals surface area contributed by atoms with E-state index in [0.717, 1.165) is 24.8 Å². The maximum atomic E-state index is 13.4. The first-order valence-electron chi connectivity index (χ1n) is 14.5. The molecule has 232 valence electrons. The monoisotopic (exact) mass is 659 g/mol. The predicted octanol–water partition coefficient (Wildman–Crippen LogP) is 3.70. The van der Waals surface area contributed by atoms with E-state index in [2.05, 4.69) is 15.1 Å². The summed E-state index contributed by atoms with van der Waals surface area (Å²) in [5.41, 5.74) is 1.07. The van der Waals surface area contributed by atoms with Gasteiger partial charge in [-0.3, -0.25) is 4.55 Å². The topological polar surface area (TPSA) is 161 Å². The fourth-order valence-corrected chi connectivity index (χ4v) is 6.99. The minimum atomic E-state index is -4.67. The van der Waals surface area contributed by atoms with Gasteiger partial charge in [-0.05, 0) is 44.2 Å². The molecule has 11 nitrogen and oxygen atoms in total. The number of rotatable bonds is 6. The van der Waals surface area contributed by atoms with Crippen LogP contribution in [0, 0.1) is 0 Å². The summed E-state index contributed by atoms with van der Waals surface area (Å²) < 4.78 is 46.2. The van der Waals surface area contributed by atoms with Crippen LogP contribution >= 0.6 is 0 Å². The predicted molar refractivity (Wildman–Crippen MR) is 167 cm³/mol. The van der Waals surface area contributed by atoms with Crippen molar-refractivity contribution in [1.29, 1.82) is 0 Å². The van der Waals surface area contributed by atoms with Crippen molar-refractivity contribution in [3.8, 4) is 23.0 Å². The first-order valence-corrected chi connectivity index (χ1v) is 15.9. The van der Waals surface area contributed by atoms with E-state index in [-0.39, 0.29) is 57.5 Å². The van der Waals surface area contributed by atoms with E-state index in [1.54, 1.807) is 36.4 Å². The standard InChI is InChI=1S/C34H27N3O8S.Na/c1-3-37(4-2)19-13-14-24-29(15-19)44-30-17-27(38)26(16-25(30)34(24)23-12-8-7-11-22(23)33(40)45-34)35-36-32-21-10-6-5-9-20(21)31(18-28(32)39)46(41,42)43;/h5-18,38-39H,3-4H2,1-2H3,(H,41,42,43);/q;+1/p-1. The number of ether oxygens (including phenoxy) is 2. The second kappa shape index (κ2) is 12.0. The molecule has 0 saturated carbocycles. The number of nitrogens with zero attached hydrogens (tertiary/aromatic N) is 3. The number of hydrogen-bond donors (Lipinski definition) is 2. The number of esters is 1. The van der Waals surface area contributed by atoms with Gasteiger partial charge in [0.05, 0.1) is 11.3 Å². The number of anilines is 1. The number of phenolic OH excluding ortho intramolecular Hbond substituents is 1. The van der Waals surface area contributed by atoms with Gasteiger partial charge < -0.3 is 24.6 Å². The molecule has 13 heteroatoms. The summed E-state index contributed by atoms with van der Waals surface area (Å²) >= 11 is 0. The number of azo groups is 1. The van der Waals surface area contributed by atoms with Crippen LogP contribution in [-0.4, -0.2) is 37.1 Å². The maximum Gasteiger partial charge on any atom is 1.00 e. The van der Waals surface area contributed by atoms with E-state index in [9.17, 15) is 28.0 Å². The van der Waals surface area contributed by atoms with E-state index in [1.807, 2.05) is 32.0 Å². The van der Waals surface area contributed by atoms with E-state index in [1.165, 1.54) is 24.3 Å². The Hall–Kier alpha value is -4.46. The van der Waals surface area contributed by atoms with Crippen molar-refractivity contribution in [3.05, 3.63) is 107 Å². The third kappa shape index (κ3) is 5.13. The Balaban J connectivity index is 0.00000386. The summed E-state index contributed by atoms with van der Waals surface area (Å²) in [7, 11) is -4.67. The van der Waals surface area contributed by atoms with Crippen molar-refractivity contribution in [2.24, 2.45) is 10.2 Å². The van der Waals surface area contributed by atoms with Crippen LogP contribution in [0.1, 0.15) is 40.9 Å². The first kappa shape index (κ1) is 32.5. The first-order chi connectivity index (χ1) is 22.1. The van der Waals surface area contributed by atoms with Gasteiger partial charge in [-0.1, -0.05) is 48.2 Å². The van der Waals surface area contributed by atoms with Crippen LogP contribution in [0.4, 0.5) is 17.1 Å². The van der Waals surface area contributed by atoms with Crippen LogP contribution in [0.15, 0.2) is 100 Å². The number of carbonyl (C=O) groups is 1. The molecule has 0 aliphatic carbocycles. The smallest absolute Gasteiger partial charge is 0.871 e. The van der Waals surface area contributed by atoms with Crippen molar-refractivity contribution in [1.82, 2.24) is 0 Å². The Bertz CT molecular complexity index is 2240. The van der Waals surface area contributed by atoms with E-state index >= 15 is 0 Å². The van der Waals surface area contributed by atoms with Gasteiger partial charge in [0, 0.05) is 58.4 Å². The van der Waals surface area contributed by atoms with Crippen molar-refractivity contribution in [2.75, 3.05) is 18.0 Å².